The van der Waals surface area contributed by atoms with Crippen LogP contribution < -0.4 is 11.1 Å². The van der Waals surface area contributed by atoms with Gasteiger partial charge in [0.15, 0.2) is 0 Å². The largest absolute Gasteiger partial charge is 0.397 e. The van der Waals surface area contributed by atoms with Crippen molar-refractivity contribution in [3.8, 4) is 0 Å². The van der Waals surface area contributed by atoms with Crippen molar-refractivity contribution in [2.24, 2.45) is 0 Å². The molecule has 0 aliphatic heterocycles. The average Bonchev–Trinajstić information content (AvgIpc) is 2.31. The number of ether oxygens (including phenoxy) is 1. The standard InChI is InChI=1S/C12H17FN2O2/c1-8(17-2)6-7-11(16)15-12-9(13)4-3-5-10(12)14/h3-5,8H,6-7,14H2,1-2H3,(H,15,16). The van der Waals surface area contributed by atoms with Crippen molar-refractivity contribution >= 4 is 17.3 Å². The van der Waals surface area contributed by atoms with Crippen LogP contribution in [-0.4, -0.2) is 19.1 Å². The molecule has 0 spiro atoms. The second kappa shape index (κ2) is 6.20. The number of benzene rings is 1. The summed E-state index contributed by atoms with van der Waals surface area (Å²) in [6, 6.07) is 4.29. The minimum atomic E-state index is -0.530. The van der Waals surface area contributed by atoms with E-state index < -0.39 is 5.82 Å². The second-order valence-corrected chi connectivity index (χ2v) is 3.84. The van der Waals surface area contributed by atoms with Crippen molar-refractivity contribution in [2.75, 3.05) is 18.2 Å². The van der Waals surface area contributed by atoms with Crippen LogP contribution in [0.4, 0.5) is 15.8 Å². The molecule has 0 saturated heterocycles. The molecule has 17 heavy (non-hydrogen) atoms. The Bertz CT molecular complexity index is 376. The zero-order chi connectivity index (χ0) is 12.8. The molecular formula is C12H17FN2O2. The number of rotatable bonds is 5. The van der Waals surface area contributed by atoms with Gasteiger partial charge < -0.3 is 15.8 Å². The maximum absolute atomic E-state index is 13.4. The number of nitrogen functional groups attached to an aromatic ring is 1. The molecule has 4 nitrogen and oxygen atoms in total. The van der Waals surface area contributed by atoms with Gasteiger partial charge in [-0.2, -0.15) is 0 Å². The lowest BCUT2D eigenvalue weighted by Crippen LogP contribution is -2.16. The number of halogens is 1. The Balaban J connectivity index is 2.56. The molecule has 0 heterocycles. The Labute approximate surface area is 100.0 Å². The highest BCUT2D eigenvalue weighted by Crippen LogP contribution is 2.22. The number of hydrogen-bond acceptors (Lipinski definition) is 3. The predicted molar refractivity (Wildman–Crippen MR) is 65.1 cm³/mol. The average molecular weight is 240 g/mol. The third-order valence-corrected chi connectivity index (χ3v) is 2.49. The summed E-state index contributed by atoms with van der Waals surface area (Å²) in [7, 11) is 1.58. The van der Waals surface area contributed by atoms with Crippen LogP contribution in [0.25, 0.3) is 0 Å². The molecule has 0 saturated carbocycles. The molecule has 1 aromatic carbocycles. The van der Waals surface area contributed by atoms with E-state index in [1.807, 2.05) is 6.92 Å². The number of anilines is 2. The Morgan fingerprint density at radius 2 is 2.29 bits per heavy atom. The monoisotopic (exact) mass is 240 g/mol. The van der Waals surface area contributed by atoms with E-state index in [9.17, 15) is 9.18 Å². The number of nitrogens with one attached hydrogen (secondary N) is 1. The first-order valence-electron chi connectivity index (χ1n) is 5.41. The van der Waals surface area contributed by atoms with E-state index in [1.54, 1.807) is 7.11 Å². The van der Waals surface area contributed by atoms with Crippen LogP contribution in [0.1, 0.15) is 19.8 Å². The van der Waals surface area contributed by atoms with Gasteiger partial charge >= 0.3 is 0 Å². The number of carbonyl (C=O) groups is 1. The summed E-state index contributed by atoms with van der Waals surface area (Å²) in [5, 5.41) is 2.46. The van der Waals surface area contributed by atoms with Gasteiger partial charge in [0.25, 0.3) is 0 Å². The van der Waals surface area contributed by atoms with Gasteiger partial charge in [-0.25, -0.2) is 4.39 Å². The van der Waals surface area contributed by atoms with Gasteiger partial charge in [-0.1, -0.05) is 6.07 Å². The molecule has 94 valence electrons. The quantitative estimate of drug-likeness (QED) is 0.775. The zero-order valence-corrected chi connectivity index (χ0v) is 10.00. The van der Waals surface area contributed by atoms with Crippen molar-refractivity contribution in [1.29, 1.82) is 0 Å². The third kappa shape index (κ3) is 4.03. The van der Waals surface area contributed by atoms with Crippen LogP contribution in [-0.2, 0) is 9.53 Å². The SMILES string of the molecule is COC(C)CCC(=O)Nc1c(N)cccc1F. The molecule has 1 rings (SSSR count). The predicted octanol–water partition coefficient (Wildman–Crippen LogP) is 2.16. The van der Waals surface area contributed by atoms with E-state index in [2.05, 4.69) is 5.32 Å². The molecule has 0 bridgehead atoms. The first-order chi connectivity index (χ1) is 8.04. The van der Waals surface area contributed by atoms with E-state index in [0.29, 0.717) is 6.42 Å². The van der Waals surface area contributed by atoms with Crippen LogP contribution in [0.15, 0.2) is 18.2 Å². The van der Waals surface area contributed by atoms with E-state index in [1.165, 1.54) is 18.2 Å². The number of amides is 1. The molecule has 0 radical (unpaired) electrons. The van der Waals surface area contributed by atoms with Crippen molar-refractivity contribution in [3.63, 3.8) is 0 Å². The minimum Gasteiger partial charge on any atom is -0.397 e. The summed E-state index contributed by atoms with van der Waals surface area (Å²) in [5.41, 5.74) is 5.84. The first-order valence-corrected chi connectivity index (χ1v) is 5.41. The molecule has 1 unspecified atom stereocenters. The summed E-state index contributed by atoms with van der Waals surface area (Å²) in [4.78, 5) is 11.5. The van der Waals surface area contributed by atoms with Crippen LogP contribution in [0.2, 0.25) is 0 Å². The fourth-order valence-electron chi connectivity index (χ4n) is 1.33. The molecule has 3 N–H and O–H groups in total. The Morgan fingerprint density at radius 3 is 2.88 bits per heavy atom. The maximum atomic E-state index is 13.4. The zero-order valence-electron chi connectivity index (χ0n) is 10.00. The number of nitrogens with two attached hydrogens (primary N) is 1. The fraction of sp³-hybridized carbons (Fsp3) is 0.417. The summed E-state index contributed by atoms with van der Waals surface area (Å²) in [5.74, 6) is -0.802. The Morgan fingerprint density at radius 1 is 1.59 bits per heavy atom. The van der Waals surface area contributed by atoms with Crippen LogP contribution in [0.5, 0.6) is 0 Å². The fourth-order valence-corrected chi connectivity index (χ4v) is 1.33. The van der Waals surface area contributed by atoms with Crippen LogP contribution in [0.3, 0.4) is 0 Å². The van der Waals surface area contributed by atoms with Crippen LogP contribution in [0, 0.1) is 5.82 Å². The normalized spacial score (nSPS) is 12.2. The van der Waals surface area contributed by atoms with Crippen molar-refractivity contribution < 1.29 is 13.9 Å². The molecule has 1 aromatic rings. The lowest BCUT2D eigenvalue weighted by atomic mass is 10.2. The molecule has 5 heteroatoms. The number of hydrogen-bond donors (Lipinski definition) is 2. The van der Waals surface area contributed by atoms with Crippen molar-refractivity contribution in [2.45, 2.75) is 25.9 Å². The van der Waals surface area contributed by atoms with Gasteiger partial charge in [0.05, 0.1) is 11.8 Å². The number of carbonyl (C=O) groups excluding carboxylic acids is 1. The van der Waals surface area contributed by atoms with Gasteiger partial charge in [0.2, 0.25) is 5.91 Å². The Hall–Kier alpha value is -1.62. The first kappa shape index (κ1) is 13.4. The summed E-state index contributed by atoms with van der Waals surface area (Å²) in [6.45, 7) is 1.87. The van der Waals surface area contributed by atoms with E-state index in [4.69, 9.17) is 10.5 Å². The second-order valence-electron chi connectivity index (χ2n) is 3.84. The third-order valence-electron chi connectivity index (χ3n) is 2.49. The summed E-state index contributed by atoms with van der Waals surface area (Å²) < 4.78 is 18.4. The van der Waals surface area contributed by atoms with E-state index in [0.717, 1.165) is 0 Å². The smallest absolute Gasteiger partial charge is 0.224 e. The number of methoxy groups -OCH3 is 1. The van der Waals surface area contributed by atoms with Gasteiger partial charge in [-0.15, -0.1) is 0 Å². The van der Waals surface area contributed by atoms with Gasteiger partial charge in [0, 0.05) is 13.5 Å². The summed E-state index contributed by atoms with van der Waals surface area (Å²) in [6.07, 6.45) is 0.846. The summed E-state index contributed by atoms with van der Waals surface area (Å²) >= 11 is 0. The molecule has 0 aliphatic carbocycles. The van der Waals surface area contributed by atoms with Gasteiger partial charge in [0.1, 0.15) is 11.5 Å². The van der Waals surface area contributed by atoms with Gasteiger partial charge in [-0.05, 0) is 25.5 Å². The maximum Gasteiger partial charge on any atom is 0.224 e. The lowest BCUT2D eigenvalue weighted by Gasteiger charge is -2.11. The molecular weight excluding hydrogens is 223 g/mol. The van der Waals surface area contributed by atoms with E-state index >= 15 is 0 Å². The Kier molecular flexibility index (Phi) is 4.90. The van der Waals surface area contributed by atoms with Crippen molar-refractivity contribution in [1.82, 2.24) is 0 Å². The molecule has 1 amide bonds. The molecule has 0 aliphatic rings. The van der Waals surface area contributed by atoms with Crippen LogP contribution >= 0.6 is 0 Å². The molecule has 1 atom stereocenters. The van der Waals surface area contributed by atoms with Gasteiger partial charge in [-0.3, -0.25) is 4.79 Å². The highest BCUT2D eigenvalue weighted by Gasteiger charge is 2.11. The highest BCUT2D eigenvalue weighted by atomic mass is 19.1. The minimum absolute atomic E-state index is 0.00119. The molecule has 0 aromatic heterocycles. The molecule has 0 fully saturated rings. The van der Waals surface area contributed by atoms with E-state index in [-0.39, 0.29) is 29.8 Å². The topological polar surface area (TPSA) is 64.3 Å². The number of para-hydroxylation sites is 1. The lowest BCUT2D eigenvalue weighted by molar-refractivity contribution is -0.116. The highest BCUT2D eigenvalue weighted by molar-refractivity contribution is 5.93. The van der Waals surface area contributed by atoms with Crippen molar-refractivity contribution in [3.05, 3.63) is 24.0 Å².